The Labute approximate surface area is 128 Å². The van der Waals surface area contributed by atoms with Crippen LogP contribution in [-0.2, 0) is 6.54 Å². The van der Waals surface area contributed by atoms with Gasteiger partial charge in [-0.1, -0.05) is 11.6 Å². The maximum atomic E-state index is 12.1. The lowest BCUT2D eigenvalue weighted by Crippen LogP contribution is -2.22. The third-order valence-electron chi connectivity index (χ3n) is 2.41. The van der Waals surface area contributed by atoms with Crippen LogP contribution in [0.2, 0.25) is 5.02 Å². The first-order valence-corrected chi connectivity index (χ1v) is 7.44. The summed E-state index contributed by atoms with van der Waals surface area (Å²) in [7, 11) is 1.74. The Bertz CT molecular complexity index is 602. The molecule has 0 spiro atoms. The maximum Gasteiger partial charge on any atom is 0.253 e. The smallest absolute Gasteiger partial charge is 0.253 e. The van der Waals surface area contributed by atoms with Crippen molar-refractivity contribution in [2.45, 2.75) is 6.54 Å². The molecule has 0 atom stereocenters. The Morgan fingerprint density at radius 3 is 2.95 bits per heavy atom. The molecule has 0 radical (unpaired) electrons. The monoisotopic (exact) mass is 359 g/mol. The molecule has 0 aromatic carbocycles. The van der Waals surface area contributed by atoms with Crippen LogP contribution in [0.4, 0.5) is 5.82 Å². The molecule has 2 rings (SSSR count). The van der Waals surface area contributed by atoms with Crippen molar-refractivity contribution in [1.29, 1.82) is 0 Å². The summed E-state index contributed by atoms with van der Waals surface area (Å²) in [5.41, 5.74) is 0.414. The first kappa shape index (κ1) is 14.3. The van der Waals surface area contributed by atoms with Gasteiger partial charge in [-0.15, -0.1) is 11.3 Å². The van der Waals surface area contributed by atoms with Crippen LogP contribution in [0.1, 0.15) is 15.2 Å². The van der Waals surface area contributed by atoms with Crippen LogP contribution in [0.3, 0.4) is 0 Å². The number of hydrogen-bond acceptors (Lipinski definition) is 4. The van der Waals surface area contributed by atoms with E-state index in [4.69, 9.17) is 11.6 Å². The highest BCUT2D eigenvalue weighted by Crippen LogP contribution is 2.22. The number of carbonyl (C=O) groups is 1. The summed E-state index contributed by atoms with van der Waals surface area (Å²) in [5.74, 6) is 0.391. The van der Waals surface area contributed by atoms with Gasteiger partial charge in [0.1, 0.15) is 5.82 Å². The number of hydrogen-bond donors (Lipinski definition) is 2. The molecule has 100 valence electrons. The number of nitrogens with zero attached hydrogens (tertiary/aromatic N) is 1. The highest BCUT2D eigenvalue weighted by atomic mass is 79.9. The van der Waals surface area contributed by atoms with E-state index >= 15 is 0 Å². The minimum Gasteiger partial charge on any atom is -0.373 e. The summed E-state index contributed by atoms with van der Waals surface area (Å²) in [6, 6.07) is 5.54. The lowest BCUT2D eigenvalue weighted by Gasteiger charge is -2.07. The lowest BCUT2D eigenvalue weighted by atomic mass is 10.2. The minimum absolute atomic E-state index is 0.214. The van der Waals surface area contributed by atoms with Crippen molar-refractivity contribution in [3.8, 4) is 0 Å². The van der Waals surface area contributed by atoms with E-state index in [0.717, 1.165) is 8.66 Å². The Balaban J connectivity index is 2.07. The van der Waals surface area contributed by atoms with E-state index in [1.165, 1.54) is 6.20 Å². The van der Waals surface area contributed by atoms with Crippen molar-refractivity contribution in [2.24, 2.45) is 0 Å². The Kier molecular flexibility index (Phi) is 4.79. The molecule has 7 heteroatoms. The van der Waals surface area contributed by atoms with Crippen LogP contribution in [0.25, 0.3) is 0 Å². The van der Waals surface area contributed by atoms with Gasteiger partial charge in [-0.05, 0) is 34.1 Å². The van der Waals surface area contributed by atoms with E-state index in [2.05, 4.69) is 31.5 Å². The molecule has 2 heterocycles. The molecule has 0 aliphatic heterocycles. The van der Waals surface area contributed by atoms with Crippen molar-refractivity contribution < 1.29 is 4.79 Å². The van der Waals surface area contributed by atoms with Gasteiger partial charge in [0.05, 0.1) is 20.9 Å². The van der Waals surface area contributed by atoms with Crippen LogP contribution < -0.4 is 10.6 Å². The van der Waals surface area contributed by atoms with Crippen LogP contribution in [0.5, 0.6) is 0 Å². The minimum atomic E-state index is -0.214. The summed E-state index contributed by atoms with van der Waals surface area (Å²) in [6.45, 7) is 0.475. The van der Waals surface area contributed by atoms with Crippen molar-refractivity contribution in [1.82, 2.24) is 10.3 Å². The topological polar surface area (TPSA) is 54.0 Å². The SMILES string of the molecule is CNc1cc(C(=O)NCc2ccc(Br)s2)c(Cl)cn1. The van der Waals surface area contributed by atoms with Gasteiger partial charge in [-0.25, -0.2) is 4.98 Å². The fourth-order valence-electron chi connectivity index (χ4n) is 1.46. The molecule has 4 nitrogen and oxygen atoms in total. The number of aromatic nitrogens is 1. The summed E-state index contributed by atoms with van der Waals surface area (Å²) in [6.07, 6.45) is 1.46. The largest absolute Gasteiger partial charge is 0.373 e. The predicted octanol–water partition coefficient (Wildman–Crippen LogP) is 3.53. The van der Waals surface area contributed by atoms with Gasteiger partial charge >= 0.3 is 0 Å². The van der Waals surface area contributed by atoms with Crippen LogP contribution in [-0.4, -0.2) is 17.9 Å². The molecule has 0 aliphatic carbocycles. The molecular formula is C12H11BrClN3OS. The van der Waals surface area contributed by atoms with Crippen molar-refractivity contribution in [3.05, 3.63) is 43.6 Å². The van der Waals surface area contributed by atoms with Gasteiger partial charge in [0, 0.05) is 18.1 Å². The van der Waals surface area contributed by atoms with E-state index in [9.17, 15) is 4.79 Å². The highest BCUT2D eigenvalue weighted by Gasteiger charge is 2.12. The maximum absolute atomic E-state index is 12.1. The molecule has 0 saturated carbocycles. The number of pyridine rings is 1. The second-order valence-electron chi connectivity index (χ2n) is 3.69. The molecule has 0 saturated heterocycles. The van der Waals surface area contributed by atoms with Gasteiger partial charge in [0.25, 0.3) is 5.91 Å². The summed E-state index contributed by atoms with van der Waals surface area (Å²) < 4.78 is 1.04. The first-order chi connectivity index (χ1) is 9.10. The number of thiophene rings is 1. The summed E-state index contributed by atoms with van der Waals surface area (Å²) in [5, 5.41) is 6.04. The van der Waals surface area contributed by atoms with Crippen LogP contribution in [0.15, 0.2) is 28.2 Å². The van der Waals surface area contributed by atoms with E-state index in [0.29, 0.717) is 22.9 Å². The third kappa shape index (κ3) is 3.68. The summed E-state index contributed by atoms with van der Waals surface area (Å²) in [4.78, 5) is 17.2. The van der Waals surface area contributed by atoms with Gasteiger partial charge in [0.2, 0.25) is 0 Å². The molecule has 0 unspecified atom stereocenters. The average molecular weight is 361 g/mol. The second kappa shape index (κ2) is 6.36. The number of halogens is 2. The lowest BCUT2D eigenvalue weighted by molar-refractivity contribution is 0.0951. The fourth-order valence-corrected chi connectivity index (χ4v) is 3.07. The molecule has 1 amide bonds. The van der Waals surface area contributed by atoms with Crippen LogP contribution in [0, 0.1) is 0 Å². The normalized spacial score (nSPS) is 10.3. The van der Waals surface area contributed by atoms with Crippen molar-refractivity contribution in [2.75, 3.05) is 12.4 Å². The molecule has 2 N–H and O–H groups in total. The second-order valence-corrected chi connectivity index (χ2v) is 6.64. The molecule has 2 aromatic rings. The Morgan fingerprint density at radius 1 is 1.53 bits per heavy atom. The van der Waals surface area contributed by atoms with E-state index in [1.54, 1.807) is 24.5 Å². The van der Waals surface area contributed by atoms with Crippen molar-refractivity contribution >= 4 is 50.6 Å². The molecule has 0 fully saturated rings. The van der Waals surface area contributed by atoms with Crippen molar-refractivity contribution in [3.63, 3.8) is 0 Å². The molecule has 19 heavy (non-hydrogen) atoms. The van der Waals surface area contributed by atoms with E-state index < -0.39 is 0 Å². The standard InChI is InChI=1S/C12H11BrClN3OS/c1-15-11-4-8(9(14)6-16-11)12(18)17-5-7-2-3-10(13)19-7/h2-4,6H,5H2,1H3,(H,15,16)(H,17,18). The molecule has 0 aliphatic rings. The fraction of sp³-hybridized carbons (Fsp3) is 0.167. The zero-order valence-electron chi connectivity index (χ0n) is 10.0. The van der Waals surface area contributed by atoms with Gasteiger partial charge in [-0.3, -0.25) is 4.79 Å². The zero-order chi connectivity index (χ0) is 13.8. The molecular weight excluding hydrogens is 350 g/mol. The van der Waals surface area contributed by atoms with E-state index in [-0.39, 0.29) is 5.91 Å². The number of nitrogens with one attached hydrogen (secondary N) is 2. The number of anilines is 1. The molecule has 2 aromatic heterocycles. The highest BCUT2D eigenvalue weighted by molar-refractivity contribution is 9.11. The van der Waals surface area contributed by atoms with Gasteiger partial charge in [0.15, 0.2) is 0 Å². The predicted molar refractivity (Wildman–Crippen MR) is 82.0 cm³/mol. The average Bonchev–Trinajstić information content (AvgIpc) is 2.82. The summed E-state index contributed by atoms with van der Waals surface area (Å²) >= 11 is 10.9. The Morgan fingerprint density at radius 2 is 2.32 bits per heavy atom. The molecule has 0 bridgehead atoms. The Hall–Kier alpha value is -1.11. The van der Waals surface area contributed by atoms with Gasteiger partial charge in [-0.2, -0.15) is 0 Å². The number of amides is 1. The first-order valence-electron chi connectivity index (χ1n) is 5.46. The van der Waals surface area contributed by atoms with E-state index in [1.807, 2.05) is 12.1 Å². The number of carbonyl (C=O) groups excluding carboxylic acids is 1. The quantitative estimate of drug-likeness (QED) is 0.877. The van der Waals surface area contributed by atoms with Crippen LogP contribution >= 0.6 is 38.9 Å². The zero-order valence-corrected chi connectivity index (χ0v) is 13.2. The van der Waals surface area contributed by atoms with Gasteiger partial charge < -0.3 is 10.6 Å². The third-order valence-corrected chi connectivity index (χ3v) is 4.33. The number of rotatable bonds is 4.